The van der Waals surface area contributed by atoms with Crippen molar-refractivity contribution in [1.82, 2.24) is 0 Å². The summed E-state index contributed by atoms with van der Waals surface area (Å²) >= 11 is 0. The van der Waals surface area contributed by atoms with E-state index in [1.54, 1.807) is 0 Å². The van der Waals surface area contributed by atoms with E-state index in [1.807, 2.05) is 6.08 Å². The summed E-state index contributed by atoms with van der Waals surface area (Å²) in [6.07, 6.45) is 23.1. The topological polar surface area (TPSA) is 35.5 Å². The van der Waals surface area contributed by atoms with Gasteiger partial charge in [0.2, 0.25) is 0 Å². The lowest BCUT2D eigenvalue weighted by Gasteiger charge is -2.11. The average molecular weight is 387 g/mol. The molecule has 0 bridgehead atoms. The van der Waals surface area contributed by atoms with Crippen molar-refractivity contribution in [2.75, 3.05) is 0 Å². The Morgan fingerprint density at radius 2 is 1.31 bits per heavy atom. The van der Waals surface area contributed by atoms with Crippen LogP contribution in [0.2, 0.25) is 0 Å². The van der Waals surface area contributed by atoms with E-state index in [2.05, 4.69) is 23.3 Å². The Balaban J connectivity index is 3.38. The van der Waals surface area contributed by atoms with Crippen LogP contribution in [0.1, 0.15) is 117 Å². The highest BCUT2D eigenvalue weighted by Gasteiger charge is 2.17. The molecule has 0 spiro atoms. The molecule has 0 radical (unpaired) electrons. The van der Waals surface area contributed by atoms with Gasteiger partial charge in [-0.05, 0) is 25.3 Å². The Morgan fingerprint density at radius 3 is 1.81 bits per heavy atom. The number of esters is 1. The second kappa shape index (κ2) is 20.9. The summed E-state index contributed by atoms with van der Waals surface area (Å²) in [6.45, 7) is 4.37. The minimum absolute atomic E-state index is 0.292. The molecule has 2 unspecified atom stereocenters. The maximum atomic E-state index is 11.8. The summed E-state index contributed by atoms with van der Waals surface area (Å²) in [5, 5.41) is 0. The predicted octanol–water partition coefficient (Wildman–Crippen LogP) is 7.50. The smallest absolute Gasteiger partial charge is 0.340 e. The summed E-state index contributed by atoms with van der Waals surface area (Å²) in [5.74, 6) is -0.292. The quantitative estimate of drug-likeness (QED) is 0.0997. The number of carbonyl (C=O) groups excluding carboxylic acids is 1. The molecule has 0 aromatic rings. The number of hydrogen-bond donors (Lipinski definition) is 0. The summed E-state index contributed by atoms with van der Waals surface area (Å²) in [5.41, 5.74) is 0. The lowest BCUT2D eigenvalue weighted by molar-refractivity contribution is -0.145. The summed E-state index contributed by atoms with van der Waals surface area (Å²) < 4.78 is 10.2. The molecule has 26 heavy (non-hydrogen) atoms. The molecule has 0 N–H and O–H groups in total. The lowest BCUT2D eigenvalue weighted by atomic mass is 10.0. The second-order valence-electron chi connectivity index (χ2n) is 7.25. The molecule has 3 nitrogen and oxygen atoms in total. The van der Waals surface area contributed by atoms with Gasteiger partial charge in [-0.25, -0.2) is 4.79 Å². The molecule has 0 amide bonds. The number of ether oxygens (including phenoxy) is 1. The Labute approximate surface area is 165 Å². The van der Waals surface area contributed by atoms with E-state index >= 15 is 0 Å². The first-order chi connectivity index (χ1) is 12.8. The predicted molar refractivity (Wildman–Crippen MR) is 115 cm³/mol. The monoisotopic (exact) mass is 386 g/mol. The maximum absolute atomic E-state index is 11.8. The van der Waals surface area contributed by atoms with Gasteiger partial charge in [-0.15, -0.1) is 0 Å². The zero-order valence-corrected chi connectivity index (χ0v) is 18.5. The number of rotatable bonds is 19. The SMILES string of the molecule is CCCCCCCCCCCCCCC=COC(=O)C(CCCC)OP. The third-order valence-electron chi connectivity index (χ3n) is 4.75. The molecule has 0 saturated carbocycles. The largest absolute Gasteiger partial charge is 0.433 e. The van der Waals surface area contributed by atoms with Crippen molar-refractivity contribution in [3.8, 4) is 0 Å². The van der Waals surface area contributed by atoms with Gasteiger partial charge in [0.15, 0.2) is 6.10 Å². The summed E-state index contributed by atoms with van der Waals surface area (Å²) in [4.78, 5) is 11.8. The van der Waals surface area contributed by atoms with Gasteiger partial charge >= 0.3 is 5.97 Å². The van der Waals surface area contributed by atoms with Crippen LogP contribution in [0.3, 0.4) is 0 Å². The zero-order chi connectivity index (χ0) is 19.3. The standard InChI is InChI=1S/C22H43O3P/c1-3-5-7-8-9-10-11-12-13-14-15-16-17-18-20-24-22(23)21(25-26)19-6-4-2/h18,20-21H,3-17,19,26H2,1-2H3. The lowest BCUT2D eigenvalue weighted by Crippen LogP contribution is -2.21. The molecule has 0 aromatic heterocycles. The highest BCUT2D eigenvalue weighted by molar-refractivity contribution is 7.09. The van der Waals surface area contributed by atoms with Crippen molar-refractivity contribution in [1.29, 1.82) is 0 Å². The molecule has 0 heterocycles. The van der Waals surface area contributed by atoms with Gasteiger partial charge in [-0.2, -0.15) is 0 Å². The molecular formula is C22H43O3P. The fraction of sp³-hybridized carbons (Fsp3) is 0.864. The number of unbranched alkanes of at least 4 members (excludes halogenated alkanes) is 13. The Morgan fingerprint density at radius 1 is 0.808 bits per heavy atom. The number of carbonyl (C=O) groups is 1. The van der Waals surface area contributed by atoms with E-state index in [0.717, 1.165) is 19.3 Å². The van der Waals surface area contributed by atoms with E-state index in [1.165, 1.54) is 83.3 Å². The van der Waals surface area contributed by atoms with E-state index in [0.29, 0.717) is 6.42 Å². The molecule has 0 aliphatic heterocycles. The van der Waals surface area contributed by atoms with Crippen molar-refractivity contribution < 1.29 is 14.1 Å². The van der Waals surface area contributed by atoms with Crippen LogP contribution < -0.4 is 0 Å². The summed E-state index contributed by atoms with van der Waals surface area (Å²) in [7, 11) is 2.16. The van der Waals surface area contributed by atoms with E-state index in [-0.39, 0.29) is 5.97 Å². The van der Waals surface area contributed by atoms with Gasteiger partial charge in [0.25, 0.3) is 0 Å². The van der Waals surface area contributed by atoms with E-state index in [9.17, 15) is 4.79 Å². The van der Waals surface area contributed by atoms with Crippen molar-refractivity contribution >= 4 is 15.4 Å². The minimum Gasteiger partial charge on any atom is -0.433 e. The maximum Gasteiger partial charge on any atom is 0.340 e. The van der Waals surface area contributed by atoms with Crippen LogP contribution in [0, 0.1) is 0 Å². The normalized spacial score (nSPS) is 12.6. The van der Waals surface area contributed by atoms with Crippen molar-refractivity contribution in [3.63, 3.8) is 0 Å². The van der Waals surface area contributed by atoms with Crippen LogP contribution >= 0.6 is 9.47 Å². The van der Waals surface area contributed by atoms with Crippen LogP contribution in [0.5, 0.6) is 0 Å². The molecule has 2 atom stereocenters. The first-order valence-corrected chi connectivity index (χ1v) is 11.4. The highest BCUT2D eigenvalue weighted by Crippen LogP contribution is 2.13. The number of hydrogen-bond acceptors (Lipinski definition) is 3. The van der Waals surface area contributed by atoms with Gasteiger partial charge in [0.1, 0.15) is 0 Å². The fourth-order valence-electron chi connectivity index (χ4n) is 2.99. The molecule has 0 fully saturated rings. The molecule has 0 aliphatic rings. The average Bonchev–Trinajstić information content (AvgIpc) is 2.65. The van der Waals surface area contributed by atoms with Crippen LogP contribution in [0.25, 0.3) is 0 Å². The minimum atomic E-state index is -0.462. The third-order valence-corrected chi connectivity index (χ3v) is 5.08. The van der Waals surface area contributed by atoms with Crippen molar-refractivity contribution in [2.45, 2.75) is 123 Å². The van der Waals surface area contributed by atoms with Crippen LogP contribution in [0.15, 0.2) is 12.3 Å². The van der Waals surface area contributed by atoms with Gasteiger partial charge in [0.05, 0.1) is 6.26 Å². The van der Waals surface area contributed by atoms with Gasteiger partial charge in [0, 0.05) is 9.47 Å². The van der Waals surface area contributed by atoms with Gasteiger partial charge in [-0.3, -0.25) is 0 Å². The third kappa shape index (κ3) is 17.0. The van der Waals surface area contributed by atoms with Crippen molar-refractivity contribution in [3.05, 3.63) is 12.3 Å². The van der Waals surface area contributed by atoms with E-state index in [4.69, 9.17) is 9.26 Å². The number of allylic oxidation sites excluding steroid dienone is 1. The van der Waals surface area contributed by atoms with Gasteiger partial charge < -0.3 is 9.26 Å². The Bertz CT molecular complexity index is 331. The molecule has 0 aromatic carbocycles. The highest BCUT2D eigenvalue weighted by atomic mass is 31.0. The van der Waals surface area contributed by atoms with Crippen LogP contribution in [0.4, 0.5) is 0 Å². The Kier molecular flexibility index (Phi) is 20.6. The second-order valence-corrected chi connectivity index (χ2v) is 7.53. The fourth-order valence-corrected chi connectivity index (χ4v) is 3.24. The van der Waals surface area contributed by atoms with E-state index < -0.39 is 6.10 Å². The zero-order valence-electron chi connectivity index (χ0n) is 17.3. The molecule has 0 saturated heterocycles. The van der Waals surface area contributed by atoms with Gasteiger partial charge in [-0.1, -0.05) is 97.3 Å². The molecule has 4 heteroatoms. The first-order valence-electron chi connectivity index (χ1n) is 11.0. The first kappa shape index (κ1) is 25.6. The molecule has 0 rings (SSSR count). The summed E-state index contributed by atoms with van der Waals surface area (Å²) in [6, 6.07) is 0. The van der Waals surface area contributed by atoms with Crippen LogP contribution in [-0.4, -0.2) is 12.1 Å². The molecular weight excluding hydrogens is 343 g/mol. The van der Waals surface area contributed by atoms with Crippen LogP contribution in [-0.2, 0) is 14.1 Å². The molecule has 154 valence electrons. The van der Waals surface area contributed by atoms with Crippen molar-refractivity contribution in [2.24, 2.45) is 0 Å². The Hall–Kier alpha value is -0.400. The molecule has 0 aliphatic carbocycles.